The monoisotopic (exact) mass is 274 g/mol. The Hall–Kier alpha value is -2.21. The maximum Gasteiger partial charge on any atom is 0.213 e. The number of rotatable bonds is 5. The predicted molar refractivity (Wildman–Crippen MR) is 78.8 cm³/mol. The molecule has 0 aliphatic carbocycles. The van der Waals surface area contributed by atoms with Crippen LogP contribution in [-0.2, 0) is 0 Å². The molecule has 19 heavy (non-hydrogen) atoms. The molecular weight excluding hydrogens is 260 g/mol. The number of nitrogens with two attached hydrogens (primary N) is 1. The molecule has 0 aromatic carbocycles. The van der Waals surface area contributed by atoms with Gasteiger partial charge >= 0.3 is 0 Å². The van der Waals surface area contributed by atoms with Crippen molar-refractivity contribution >= 4 is 28.6 Å². The van der Waals surface area contributed by atoms with Crippen molar-refractivity contribution < 1.29 is 4.74 Å². The number of thiocarbonyl (C=S) groups is 1. The van der Waals surface area contributed by atoms with Gasteiger partial charge < -0.3 is 15.8 Å². The van der Waals surface area contributed by atoms with Gasteiger partial charge in [-0.3, -0.25) is 4.98 Å². The predicted octanol–water partition coefficient (Wildman–Crippen LogP) is 2.25. The number of ether oxygens (including phenoxy) is 1. The van der Waals surface area contributed by atoms with Crippen molar-refractivity contribution in [1.82, 2.24) is 9.97 Å². The number of nitrogens with zero attached hydrogens (tertiary/aromatic N) is 2. The van der Waals surface area contributed by atoms with Crippen LogP contribution in [0.3, 0.4) is 0 Å². The molecular formula is C13H14N4OS. The molecule has 2 heterocycles. The lowest BCUT2D eigenvalue weighted by Gasteiger charge is -2.10. The highest BCUT2D eigenvalue weighted by Gasteiger charge is 2.06. The summed E-state index contributed by atoms with van der Waals surface area (Å²) >= 11 is 4.96. The van der Waals surface area contributed by atoms with Crippen LogP contribution in [0.4, 0.5) is 11.4 Å². The van der Waals surface area contributed by atoms with Gasteiger partial charge in [-0.1, -0.05) is 12.2 Å². The van der Waals surface area contributed by atoms with Gasteiger partial charge in [0.05, 0.1) is 24.2 Å². The van der Waals surface area contributed by atoms with Crippen molar-refractivity contribution in [3.63, 3.8) is 0 Å². The molecule has 5 nitrogen and oxygen atoms in total. The van der Waals surface area contributed by atoms with Crippen LogP contribution in [0.2, 0.25) is 0 Å². The normalized spacial score (nSPS) is 9.95. The molecule has 2 aromatic heterocycles. The summed E-state index contributed by atoms with van der Waals surface area (Å²) in [4.78, 5) is 8.57. The number of hydrogen-bond acceptors (Lipinski definition) is 5. The van der Waals surface area contributed by atoms with Crippen molar-refractivity contribution in [2.45, 2.75) is 6.92 Å². The quantitative estimate of drug-likeness (QED) is 0.815. The van der Waals surface area contributed by atoms with E-state index >= 15 is 0 Å². The lowest BCUT2D eigenvalue weighted by atomic mass is 10.2. The van der Waals surface area contributed by atoms with E-state index in [2.05, 4.69) is 15.3 Å². The van der Waals surface area contributed by atoms with Gasteiger partial charge in [-0.15, -0.1) is 0 Å². The van der Waals surface area contributed by atoms with Crippen molar-refractivity contribution in [2.24, 2.45) is 5.73 Å². The van der Waals surface area contributed by atoms with Gasteiger partial charge in [0.15, 0.2) is 0 Å². The van der Waals surface area contributed by atoms with E-state index in [1.165, 1.54) is 0 Å². The molecule has 0 amide bonds. The van der Waals surface area contributed by atoms with Crippen LogP contribution in [0.1, 0.15) is 12.6 Å². The van der Waals surface area contributed by atoms with Crippen LogP contribution in [0.25, 0.3) is 0 Å². The Bertz CT molecular complexity index is 571. The van der Waals surface area contributed by atoms with E-state index in [1.807, 2.05) is 25.1 Å². The molecule has 0 fully saturated rings. The Balaban J connectivity index is 2.19. The van der Waals surface area contributed by atoms with E-state index in [0.717, 1.165) is 11.4 Å². The number of anilines is 2. The fraction of sp³-hybridized carbons (Fsp3) is 0.154. The van der Waals surface area contributed by atoms with Gasteiger partial charge in [0, 0.05) is 12.3 Å². The number of hydrogen-bond donors (Lipinski definition) is 2. The lowest BCUT2D eigenvalue weighted by Crippen LogP contribution is -2.13. The van der Waals surface area contributed by atoms with Crippen molar-refractivity contribution in [3.8, 4) is 5.88 Å². The zero-order valence-electron chi connectivity index (χ0n) is 10.5. The average Bonchev–Trinajstić information content (AvgIpc) is 2.42. The Morgan fingerprint density at radius 2 is 2.21 bits per heavy atom. The second-order valence-electron chi connectivity index (χ2n) is 3.71. The van der Waals surface area contributed by atoms with Gasteiger partial charge in [-0.05, 0) is 25.1 Å². The van der Waals surface area contributed by atoms with Crippen LogP contribution in [-0.4, -0.2) is 21.6 Å². The Kier molecular flexibility index (Phi) is 4.25. The zero-order valence-corrected chi connectivity index (χ0v) is 11.3. The Morgan fingerprint density at radius 1 is 1.37 bits per heavy atom. The number of nitrogens with one attached hydrogen (secondary N) is 1. The highest BCUT2D eigenvalue weighted by Crippen LogP contribution is 2.20. The smallest absolute Gasteiger partial charge is 0.213 e. The second kappa shape index (κ2) is 6.10. The minimum Gasteiger partial charge on any atom is -0.478 e. The Labute approximate surface area is 116 Å². The fourth-order valence-electron chi connectivity index (χ4n) is 1.55. The fourth-order valence-corrected chi connectivity index (χ4v) is 1.71. The third-order valence-electron chi connectivity index (χ3n) is 2.35. The summed E-state index contributed by atoms with van der Waals surface area (Å²) in [6.45, 7) is 2.51. The first-order chi connectivity index (χ1) is 9.20. The second-order valence-corrected chi connectivity index (χ2v) is 4.15. The summed E-state index contributed by atoms with van der Waals surface area (Å²) in [5.74, 6) is 0.591. The summed E-state index contributed by atoms with van der Waals surface area (Å²) in [7, 11) is 0. The number of aromatic nitrogens is 2. The highest BCUT2D eigenvalue weighted by atomic mass is 32.1. The molecule has 6 heteroatoms. The topological polar surface area (TPSA) is 73.1 Å². The maximum absolute atomic E-state index is 5.63. The molecule has 2 aromatic rings. The summed E-state index contributed by atoms with van der Waals surface area (Å²) < 4.78 is 5.28. The van der Waals surface area contributed by atoms with E-state index in [4.69, 9.17) is 22.7 Å². The largest absolute Gasteiger partial charge is 0.478 e. The molecule has 0 atom stereocenters. The van der Waals surface area contributed by atoms with Crippen LogP contribution in [0, 0.1) is 0 Å². The first-order valence-electron chi connectivity index (χ1n) is 5.81. The summed E-state index contributed by atoms with van der Waals surface area (Å²) in [5, 5.41) is 3.18. The third kappa shape index (κ3) is 3.38. The van der Waals surface area contributed by atoms with Gasteiger partial charge in [0.2, 0.25) is 5.88 Å². The van der Waals surface area contributed by atoms with Crippen molar-refractivity contribution in [2.75, 3.05) is 11.9 Å². The van der Waals surface area contributed by atoms with Crippen LogP contribution < -0.4 is 15.8 Å². The first-order valence-corrected chi connectivity index (χ1v) is 6.22. The molecule has 0 aliphatic rings. The number of pyridine rings is 2. The molecule has 0 unspecified atom stereocenters. The third-order valence-corrected chi connectivity index (χ3v) is 2.54. The zero-order chi connectivity index (χ0) is 13.7. The minimum absolute atomic E-state index is 0.252. The SMILES string of the molecule is CCOc1ccc(Nc2cccnc2C(N)=S)cn1. The minimum atomic E-state index is 0.252. The molecule has 0 radical (unpaired) electrons. The molecule has 0 saturated carbocycles. The van der Waals surface area contributed by atoms with Crippen molar-refractivity contribution in [3.05, 3.63) is 42.4 Å². The maximum atomic E-state index is 5.63. The van der Waals surface area contributed by atoms with E-state index in [9.17, 15) is 0 Å². The molecule has 98 valence electrons. The van der Waals surface area contributed by atoms with Crippen LogP contribution >= 0.6 is 12.2 Å². The van der Waals surface area contributed by atoms with Crippen LogP contribution in [0.15, 0.2) is 36.7 Å². The lowest BCUT2D eigenvalue weighted by molar-refractivity contribution is 0.327. The molecule has 2 rings (SSSR count). The van der Waals surface area contributed by atoms with Crippen molar-refractivity contribution in [1.29, 1.82) is 0 Å². The summed E-state index contributed by atoms with van der Waals surface area (Å²) in [6, 6.07) is 7.33. The van der Waals surface area contributed by atoms with E-state index in [1.54, 1.807) is 18.5 Å². The first kappa shape index (κ1) is 13.2. The van der Waals surface area contributed by atoms with Crippen LogP contribution in [0.5, 0.6) is 5.88 Å². The molecule has 0 saturated heterocycles. The molecule has 0 aliphatic heterocycles. The summed E-state index contributed by atoms with van der Waals surface area (Å²) in [6.07, 6.45) is 3.33. The van der Waals surface area contributed by atoms with E-state index < -0.39 is 0 Å². The highest BCUT2D eigenvalue weighted by molar-refractivity contribution is 7.80. The van der Waals surface area contributed by atoms with Gasteiger partial charge in [-0.25, -0.2) is 4.98 Å². The average molecular weight is 274 g/mol. The standard InChI is InChI=1S/C13H14N4OS/c1-2-18-11-6-5-9(8-16-11)17-10-4-3-7-15-12(10)13(14)19/h3-8,17H,2H2,1H3,(H2,14,19). The van der Waals surface area contributed by atoms with Gasteiger partial charge in [0.1, 0.15) is 10.7 Å². The van der Waals surface area contributed by atoms with Gasteiger partial charge in [0.25, 0.3) is 0 Å². The van der Waals surface area contributed by atoms with E-state index in [0.29, 0.717) is 18.2 Å². The molecule has 0 bridgehead atoms. The molecule has 0 spiro atoms. The molecule has 3 N–H and O–H groups in total. The summed E-state index contributed by atoms with van der Waals surface area (Å²) in [5.41, 5.74) is 7.75. The Morgan fingerprint density at radius 3 is 2.84 bits per heavy atom. The van der Waals surface area contributed by atoms with E-state index in [-0.39, 0.29) is 4.99 Å². The van der Waals surface area contributed by atoms with Gasteiger partial charge in [-0.2, -0.15) is 0 Å².